The van der Waals surface area contributed by atoms with Crippen LogP contribution in [0.15, 0.2) is 59.4 Å². The normalized spacial score (nSPS) is 17.0. The average Bonchev–Trinajstić information content (AvgIpc) is 2.51. The van der Waals surface area contributed by atoms with E-state index in [1.54, 1.807) is 12.3 Å². The summed E-state index contributed by atoms with van der Waals surface area (Å²) in [5, 5.41) is 9.90. The zero-order chi connectivity index (χ0) is 13.8. The van der Waals surface area contributed by atoms with E-state index >= 15 is 0 Å². The highest BCUT2D eigenvalue weighted by Crippen LogP contribution is 2.25. The fraction of sp³-hybridized carbons (Fsp3) is 0.176. The highest BCUT2D eigenvalue weighted by atomic mass is 16.3. The molecule has 1 N–H and O–H groups in total. The summed E-state index contributed by atoms with van der Waals surface area (Å²) in [6, 6.07) is 11.3. The van der Waals surface area contributed by atoms with Gasteiger partial charge in [0.05, 0.1) is 5.71 Å². The van der Waals surface area contributed by atoms with Crippen molar-refractivity contribution in [2.75, 3.05) is 6.54 Å². The van der Waals surface area contributed by atoms with E-state index < -0.39 is 0 Å². The molecule has 3 heteroatoms. The number of nitrogens with zero attached hydrogens (tertiary/aromatic N) is 2. The van der Waals surface area contributed by atoms with Gasteiger partial charge in [-0.2, -0.15) is 0 Å². The summed E-state index contributed by atoms with van der Waals surface area (Å²) < 4.78 is 0. The fourth-order valence-corrected chi connectivity index (χ4v) is 2.40. The van der Waals surface area contributed by atoms with Crippen molar-refractivity contribution in [1.82, 2.24) is 4.98 Å². The smallest absolute Gasteiger partial charge is 0.122 e. The lowest BCUT2D eigenvalue weighted by atomic mass is 9.95. The minimum absolute atomic E-state index is 0.302. The lowest BCUT2D eigenvalue weighted by molar-refractivity contribution is 0.474. The molecule has 0 aliphatic carbocycles. The molecule has 20 heavy (non-hydrogen) atoms. The maximum Gasteiger partial charge on any atom is 0.122 e. The van der Waals surface area contributed by atoms with Crippen LogP contribution >= 0.6 is 0 Å². The van der Waals surface area contributed by atoms with E-state index in [1.165, 1.54) is 0 Å². The minimum atomic E-state index is 0.302. The molecule has 1 aromatic heterocycles. The Kier molecular flexibility index (Phi) is 3.59. The lowest BCUT2D eigenvalue weighted by Crippen LogP contribution is -2.11. The van der Waals surface area contributed by atoms with Crippen LogP contribution in [0.4, 0.5) is 0 Å². The topological polar surface area (TPSA) is 45.5 Å². The number of rotatable bonds is 2. The summed E-state index contributed by atoms with van der Waals surface area (Å²) in [6.45, 7) is 0.850. The Morgan fingerprint density at radius 2 is 2.00 bits per heavy atom. The summed E-state index contributed by atoms with van der Waals surface area (Å²) in [5.41, 5.74) is 4.02. The number of phenols is 1. The first-order valence-corrected chi connectivity index (χ1v) is 6.78. The Hall–Kier alpha value is -2.42. The Balaban J connectivity index is 2.02. The number of phenolic OH excluding ortho intramolecular Hbond substituents is 1. The second-order valence-corrected chi connectivity index (χ2v) is 4.80. The third kappa shape index (κ3) is 2.62. The van der Waals surface area contributed by atoms with E-state index in [1.807, 2.05) is 42.6 Å². The van der Waals surface area contributed by atoms with Crippen LogP contribution in [0.25, 0.3) is 6.08 Å². The van der Waals surface area contributed by atoms with Crippen LogP contribution in [0.3, 0.4) is 0 Å². The van der Waals surface area contributed by atoms with Crippen molar-refractivity contribution < 1.29 is 5.11 Å². The van der Waals surface area contributed by atoms with Crippen molar-refractivity contribution in [1.29, 1.82) is 0 Å². The second-order valence-electron chi connectivity index (χ2n) is 4.80. The van der Waals surface area contributed by atoms with Crippen LogP contribution < -0.4 is 0 Å². The number of aromatic hydroxyl groups is 1. The first-order valence-electron chi connectivity index (χ1n) is 6.78. The fourth-order valence-electron chi connectivity index (χ4n) is 2.40. The van der Waals surface area contributed by atoms with Crippen molar-refractivity contribution >= 4 is 11.8 Å². The molecule has 2 heterocycles. The van der Waals surface area contributed by atoms with E-state index in [-0.39, 0.29) is 0 Å². The zero-order valence-corrected chi connectivity index (χ0v) is 11.2. The maximum absolute atomic E-state index is 9.90. The number of aliphatic imine (C=N–C) groups is 1. The zero-order valence-electron chi connectivity index (χ0n) is 11.2. The summed E-state index contributed by atoms with van der Waals surface area (Å²) in [5.74, 6) is 0.302. The van der Waals surface area contributed by atoms with Crippen LogP contribution in [-0.4, -0.2) is 22.3 Å². The molecular formula is C17H16N2O. The summed E-state index contributed by atoms with van der Waals surface area (Å²) in [4.78, 5) is 8.80. The van der Waals surface area contributed by atoms with E-state index in [2.05, 4.69) is 9.98 Å². The number of benzene rings is 1. The molecule has 2 aromatic rings. The standard InChI is InChI=1S/C17H16N2O/c20-16-8-2-1-5-13(16)11-14-6-4-10-19-17(14)15-7-3-9-18-12-15/h1-3,5,7-9,11-12,20H,4,6,10H2/b14-11+. The van der Waals surface area contributed by atoms with Crippen LogP contribution in [0.1, 0.15) is 24.0 Å². The molecule has 0 unspecified atom stereocenters. The van der Waals surface area contributed by atoms with Crippen LogP contribution in [0.2, 0.25) is 0 Å². The van der Waals surface area contributed by atoms with Gasteiger partial charge in [-0.3, -0.25) is 9.98 Å². The molecule has 0 fully saturated rings. The highest BCUT2D eigenvalue weighted by molar-refractivity contribution is 6.15. The van der Waals surface area contributed by atoms with Gasteiger partial charge in [0.15, 0.2) is 0 Å². The van der Waals surface area contributed by atoms with Crippen molar-refractivity contribution in [3.8, 4) is 5.75 Å². The summed E-state index contributed by atoms with van der Waals surface area (Å²) in [7, 11) is 0. The van der Waals surface area contributed by atoms with E-state index in [4.69, 9.17) is 0 Å². The maximum atomic E-state index is 9.90. The van der Waals surface area contributed by atoms with Gasteiger partial charge in [-0.05, 0) is 42.7 Å². The molecule has 0 amide bonds. The van der Waals surface area contributed by atoms with E-state index in [9.17, 15) is 5.11 Å². The molecule has 3 nitrogen and oxygen atoms in total. The Labute approximate surface area is 118 Å². The third-order valence-corrected chi connectivity index (χ3v) is 3.38. The molecule has 1 aromatic carbocycles. The molecule has 3 rings (SSSR count). The lowest BCUT2D eigenvalue weighted by Gasteiger charge is -2.16. The Bertz CT molecular complexity index is 660. The largest absolute Gasteiger partial charge is 0.507 e. The van der Waals surface area contributed by atoms with Gasteiger partial charge in [-0.25, -0.2) is 0 Å². The predicted molar refractivity (Wildman–Crippen MR) is 81.0 cm³/mol. The van der Waals surface area contributed by atoms with E-state index in [0.29, 0.717) is 5.75 Å². The highest BCUT2D eigenvalue weighted by Gasteiger charge is 2.14. The Morgan fingerprint density at radius 3 is 2.80 bits per heavy atom. The minimum Gasteiger partial charge on any atom is -0.507 e. The van der Waals surface area contributed by atoms with Crippen molar-refractivity contribution in [3.63, 3.8) is 0 Å². The molecule has 0 spiro atoms. The number of aromatic nitrogens is 1. The molecular weight excluding hydrogens is 248 g/mol. The molecule has 1 aliphatic heterocycles. The molecule has 0 atom stereocenters. The van der Waals surface area contributed by atoms with Gasteiger partial charge >= 0.3 is 0 Å². The first-order chi connectivity index (χ1) is 9.84. The molecule has 0 bridgehead atoms. The van der Waals surface area contributed by atoms with Gasteiger partial charge in [-0.1, -0.05) is 18.2 Å². The molecule has 0 saturated carbocycles. The summed E-state index contributed by atoms with van der Waals surface area (Å²) in [6.07, 6.45) is 7.65. The molecule has 100 valence electrons. The van der Waals surface area contributed by atoms with Gasteiger partial charge in [0, 0.05) is 30.1 Å². The number of para-hydroxylation sites is 1. The van der Waals surface area contributed by atoms with Gasteiger partial charge in [0.25, 0.3) is 0 Å². The number of hydrogen-bond acceptors (Lipinski definition) is 3. The van der Waals surface area contributed by atoms with Gasteiger partial charge < -0.3 is 5.11 Å². The van der Waals surface area contributed by atoms with E-state index in [0.717, 1.165) is 41.8 Å². The van der Waals surface area contributed by atoms with Crippen LogP contribution in [-0.2, 0) is 0 Å². The molecule has 1 aliphatic rings. The number of pyridine rings is 1. The number of allylic oxidation sites excluding steroid dienone is 1. The second kappa shape index (κ2) is 5.70. The predicted octanol–water partition coefficient (Wildman–Crippen LogP) is 3.45. The molecule has 0 saturated heterocycles. The summed E-state index contributed by atoms with van der Waals surface area (Å²) >= 11 is 0. The van der Waals surface area contributed by atoms with Gasteiger partial charge in [-0.15, -0.1) is 0 Å². The monoisotopic (exact) mass is 264 g/mol. The van der Waals surface area contributed by atoms with Crippen molar-refractivity contribution in [3.05, 3.63) is 65.5 Å². The van der Waals surface area contributed by atoms with Crippen LogP contribution in [0, 0.1) is 0 Å². The van der Waals surface area contributed by atoms with Gasteiger partial charge in [0.1, 0.15) is 5.75 Å². The van der Waals surface area contributed by atoms with Crippen LogP contribution in [0.5, 0.6) is 5.75 Å². The van der Waals surface area contributed by atoms with Gasteiger partial charge in [0.2, 0.25) is 0 Å². The quantitative estimate of drug-likeness (QED) is 0.903. The third-order valence-electron chi connectivity index (χ3n) is 3.38. The average molecular weight is 264 g/mol. The first kappa shape index (κ1) is 12.6. The Morgan fingerprint density at radius 1 is 1.10 bits per heavy atom. The molecule has 0 radical (unpaired) electrons. The van der Waals surface area contributed by atoms with Crippen molar-refractivity contribution in [2.24, 2.45) is 4.99 Å². The number of hydrogen-bond donors (Lipinski definition) is 1. The SMILES string of the molecule is Oc1ccccc1/C=C1\CCCN=C1c1cccnc1. The van der Waals surface area contributed by atoms with Crippen molar-refractivity contribution in [2.45, 2.75) is 12.8 Å².